The second-order valence-electron chi connectivity index (χ2n) is 7.20. The van der Waals surface area contributed by atoms with Gasteiger partial charge in [-0.25, -0.2) is 0 Å². The average Bonchev–Trinajstić information content (AvgIpc) is 3.22. The number of nitrogens with one attached hydrogen (secondary N) is 2. The highest BCUT2D eigenvalue weighted by Crippen LogP contribution is 2.26. The number of rotatable bonds is 7. The van der Waals surface area contributed by atoms with Crippen molar-refractivity contribution in [3.05, 3.63) is 70.8 Å². The molecule has 0 aromatic heterocycles. The molecule has 6 heteroatoms. The van der Waals surface area contributed by atoms with E-state index in [1.807, 2.05) is 42.5 Å². The molecule has 2 amide bonds. The van der Waals surface area contributed by atoms with Gasteiger partial charge >= 0.3 is 0 Å². The summed E-state index contributed by atoms with van der Waals surface area (Å²) in [6.45, 7) is 4.06. The van der Waals surface area contributed by atoms with Gasteiger partial charge in [-0.1, -0.05) is 35.9 Å². The fraction of sp³-hybridized carbons (Fsp3) is 0.304. The Morgan fingerprint density at radius 2 is 1.86 bits per heavy atom. The summed E-state index contributed by atoms with van der Waals surface area (Å²) in [5, 5.41) is 6.45. The molecule has 1 heterocycles. The summed E-state index contributed by atoms with van der Waals surface area (Å²) >= 11 is 6.17. The molecule has 2 N–H and O–H groups in total. The summed E-state index contributed by atoms with van der Waals surface area (Å²) in [6.07, 6.45) is 5.66. The van der Waals surface area contributed by atoms with Crippen molar-refractivity contribution in [2.75, 3.05) is 25.0 Å². The molecule has 5 nitrogen and oxygen atoms in total. The molecule has 0 aliphatic carbocycles. The van der Waals surface area contributed by atoms with Crippen LogP contribution in [-0.2, 0) is 9.59 Å². The number of likely N-dealkylation sites (tertiary alicyclic amines) is 1. The van der Waals surface area contributed by atoms with Gasteiger partial charge in [0, 0.05) is 30.3 Å². The Morgan fingerprint density at radius 1 is 1.14 bits per heavy atom. The highest BCUT2D eigenvalue weighted by molar-refractivity contribution is 6.30. The molecule has 0 saturated carbocycles. The number of carbonyl (C=O) groups is 2. The van der Waals surface area contributed by atoms with Gasteiger partial charge in [0.2, 0.25) is 11.8 Å². The van der Waals surface area contributed by atoms with E-state index in [9.17, 15) is 9.59 Å². The molecule has 2 aromatic rings. The molecule has 29 heavy (non-hydrogen) atoms. The van der Waals surface area contributed by atoms with Crippen molar-refractivity contribution in [3.8, 4) is 0 Å². The van der Waals surface area contributed by atoms with Crippen LogP contribution >= 0.6 is 11.6 Å². The van der Waals surface area contributed by atoms with Crippen molar-refractivity contribution in [2.45, 2.75) is 25.8 Å². The van der Waals surface area contributed by atoms with Crippen molar-refractivity contribution in [3.63, 3.8) is 0 Å². The number of nitrogens with zero attached hydrogens (tertiary/aromatic N) is 1. The van der Waals surface area contributed by atoms with Crippen LogP contribution < -0.4 is 10.6 Å². The maximum Gasteiger partial charge on any atom is 0.244 e. The number of hydrogen-bond acceptors (Lipinski definition) is 3. The number of carbonyl (C=O) groups excluding carboxylic acids is 2. The fourth-order valence-electron chi connectivity index (χ4n) is 3.53. The minimum atomic E-state index is -0.137. The van der Waals surface area contributed by atoms with Crippen LogP contribution in [-0.4, -0.2) is 36.3 Å². The van der Waals surface area contributed by atoms with E-state index in [1.54, 1.807) is 6.08 Å². The molecule has 1 aliphatic rings. The topological polar surface area (TPSA) is 61.4 Å². The van der Waals surface area contributed by atoms with Gasteiger partial charge in [-0.2, -0.15) is 0 Å². The Kier molecular flexibility index (Phi) is 7.44. The number of amides is 2. The van der Waals surface area contributed by atoms with Crippen LogP contribution in [0.25, 0.3) is 6.08 Å². The molecular formula is C23H26ClN3O2. The number of anilines is 1. The summed E-state index contributed by atoms with van der Waals surface area (Å²) in [4.78, 5) is 25.8. The first-order valence-corrected chi connectivity index (χ1v) is 10.2. The molecule has 0 bridgehead atoms. The monoisotopic (exact) mass is 411 g/mol. The lowest BCUT2D eigenvalue weighted by Gasteiger charge is -2.28. The Hall–Kier alpha value is -2.63. The lowest BCUT2D eigenvalue weighted by atomic mass is 10.1. The standard InChI is InChI=1S/C23H26ClN3O2/c1-17(28)26-21-10-7-18(8-11-21)9-12-23(29)25-16-22(27-13-2-3-14-27)19-5-4-6-20(24)15-19/h4-12,15,22H,2-3,13-14,16H2,1H3,(H,25,29)(H,26,28)/b12-9+. The second-order valence-corrected chi connectivity index (χ2v) is 7.63. The Labute approximate surface area is 176 Å². The molecule has 0 radical (unpaired) electrons. The van der Waals surface area contributed by atoms with Gasteiger partial charge < -0.3 is 10.6 Å². The summed E-state index contributed by atoms with van der Waals surface area (Å²) in [5.41, 5.74) is 2.74. The maximum atomic E-state index is 12.3. The third kappa shape index (κ3) is 6.44. The minimum absolute atomic E-state index is 0.111. The normalized spacial score (nSPS) is 15.4. The summed E-state index contributed by atoms with van der Waals surface area (Å²) < 4.78 is 0. The zero-order valence-corrected chi connectivity index (χ0v) is 17.3. The smallest absolute Gasteiger partial charge is 0.244 e. The van der Waals surface area contributed by atoms with Crippen LogP contribution in [0.3, 0.4) is 0 Å². The van der Waals surface area contributed by atoms with Crippen LogP contribution in [0.1, 0.15) is 36.9 Å². The van der Waals surface area contributed by atoms with Crippen molar-refractivity contribution in [2.24, 2.45) is 0 Å². The molecule has 3 rings (SSSR count). The van der Waals surface area contributed by atoms with E-state index < -0.39 is 0 Å². The van der Waals surface area contributed by atoms with Crippen LogP contribution in [0.2, 0.25) is 5.02 Å². The van der Waals surface area contributed by atoms with Crippen LogP contribution in [0.5, 0.6) is 0 Å². The Balaban J connectivity index is 1.59. The summed E-state index contributed by atoms with van der Waals surface area (Å²) in [6, 6.07) is 15.3. The molecule has 1 aliphatic heterocycles. The van der Waals surface area contributed by atoms with E-state index in [1.165, 1.54) is 25.8 Å². The van der Waals surface area contributed by atoms with Crippen LogP contribution in [0, 0.1) is 0 Å². The van der Waals surface area contributed by atoms with Gasteiger partial charge in [0.1, 0.15) is 0 Å². The fourth-order valence-corrected chi connectivity index (χ4v) is 3.73. The predicted molar refractivity (Wildman–Crippen MR) is 118 cm³/mol. The number of hydrogen-bond donors (Lipinski definition) is 2. The highest BCUT2D eigenvalue weighted by Gasteiger charge is 2.23. The van der Waals surface area contributed by atoms with Gasteiger partial charge in [0.25, 0.3) is 0 Å². The first kappa shape index (κ1) is 21.1. The number of halogens is 1. The van der Waals surface area contributed by atoms with Crippen molar-refractivity contribution in [1.29, 1.82) is 0 Å². The Morgan fingerprint density at radius 3 is 2.52 bits per heavy atom. The van der Waals surface area contributed by atoms with Crippen LogP contribution in [0.4, 0.5) is 5.69 Å². The molecular weight excluding hydrogens is 386 g/mol. The molecule has 0 spiro atoms. The zero-order valence-electron chi connectivity index (χ0n) is 16.5. The van der Waals surface area contributed by atoms with Crippen LogP contribution in [0.15, 0.2) is 54.6 Å². The SMILES string of the molecule is CC(=O)Nc1ccc(/C=C/C(=O)NCC(c2cccc(Cl)c2)N2CCCC2)cc1. The van der Waals surface area contributed by atoms with Gasteiger partial charge in [0.05, 0.1) is 6.04 Å². The van der Waals surface area contributed by atoms with Gasteiger partial charge in [0.15, 0.2) is 0 Å². The van der Waals surface area contributed by atoms with Crippen molar-refractivity contribution < 1.29 is 9.59 Å². The molecule has 1 saturated heterocycles. The summed E-state index contributed by atoms with van der Waals surface area (Å²) in [7, 11) is 0. The zero-order chi connectivity index (χ0) is 20.6. The molecule has 1 atom stereocenters. The van der Waals surface area contributed by atoms with E-state index in [-0.39, 0.29) is 17.9 Å². The molecule has 1 unspecified atom stereocenters. The van der Waals surface area contributed by atoms with Gasteiger partial charge in [-0.05, 0) is 67.4 Å². The second kappa shape index (κ2) is 10.2. The largest absolute Gasteiger partial charge is 0.351 e. The number of benzene rings is 2. The van der Waals surface area contributed by atoms with Gasteiger partial charge in [-0.3, -0.25) is 14.5 Å². The Bertz CT molecular complexity index is 874. The highest BCUT2D eigenvalue weighted by atomic mass is 35.5. The molecule has 152 valence electrons. The average molecular weight is 412 g/mol. The lowest BCUT2D eigenvalue weighted by Crippen LogP contribution is -2.36. The lowest BCUT2D eigenvalue weighted by molar-refractivity contribution is -0.116. The maximum absolute atomic E-state index is 12.3. The van der Waals surface area contributed by atoms with E-state index in [2.05, 4.69) is 21.6 Å². The third-order valence-corrected chi connectivity index (χ3v) is 5.18. The quantitative estimate of drug-likeness (QED) is 0.669. The third-order valence-electron chi connectivity index (χ3n) is 4.94. The minimum Gasteiger partial charge on any atom is -0.351 e. The van der Waals surface area contributed by atoms with Crippen molar-refractivity contribution >= 4 is 35.2 Å². The van der Waals surface area contributed by atoms with E-state index in [4.69, 9.17) is 11.6 Å². The first-order valence-electron chi connectivity index (χ1n) is 9.84. The summed E-state index contributed by atoms with van der Waals surface area (Å²) in [5.74, 6) is -0.248. The molecule has 2 aromatic carbocycles. The van der Waals surface area contributed by atoms with Gasteiger partial charge in [-0.15, -0.1) is 0 Å². The van der Waals surface area contributed by atoms with Crippen molar-refractivity contribution in [1.82, 2.24) is 10.2 Å². The van der Waals surface area contributed by atoms with E-state index >= 15 is 0 Å². The predicted octanol–water partition coefficient (Wildman–Crippen LogP) is 4.26. The van der Waals surface area contributed by atoms with E-state index in [0.717, 1.165) is 29.9 Å². The van der Waals surface area contributed by atoms with E-state index in [0.29, 0.717) is 11.6 Å². The molecule has 1 fully saturated rings. The first-order chi connectivity index (χ1) is 14.0.